The van der Waals surface area contributed by atoms with Gasteiger partial charge in [0.25, 0.3) is 0 Å². The van der Waals surface area contributed by atoms with Gasteiger partial charge in [0.2, 0.25) is 5.91 Å². The fourth-order valence-electron chi connectivity index (χ4n) is 3.06. The molecular weight excluding hydrogens is 380 g/mol. The Bertz CT molecular complexity index is 420. The number of hydrazine groups is 1. The van der Waals surface area contributed by atoms with Crippen molar-refractivity contribution in [3.8, 4) is 0 Å². The van der Waals surface area contributed by atoms with Crippen molar-refractivity contribution in [1.82, 2.24) is 5.43 Å². The van der Waals surface area contributed by atoms with Crippen LogP contribution >= 0.6 is 25.3 Å². The lowest BCUT2D eigenvalue weighted by Crippen LogP contribution is -2.36. The molecule has 0 saturated heterocycles. The van der Waals surface area contributed by atoms with Crippen LogP contribution in [0, 0.1) is 5.92 Å². The van der Waals surface area contributed by atoms with Crippen molar-refractivity contribution in [3.63, 3.8) is 0 Å². The maximum Gasteiger partial charge on any atom is 0.237 e. The Morgan fingerprint density at radius 1 is 0.704 bits per heavy atom. The molecule has 0 aromatic rings. The van der Waals surface area contributed by atoms with Crippen LogP contribution in [0.2, 0.25) is 0 Å². The molecule has 0 saturated carbocycles. The third-order valence-electron chi connectivity index (χ3n) is 4.72. The standard InChI is InChI=1S/C20H38N2O3S2/c21-22-20(25)17(16-19(24)13-7-3-9-15-27)10-4-1-5-11-18(23)12-6-2-8-14-26/h17,26-27H,1-16,21H2,(H,22,25). The number of rotatable bonds is 19. The van der Waals surface area contributed by atoms with Gasteiger partial charge >= 0.3 is 0 Å². The molecule has 0 radical (unpaired) electrons. The molecule has 27 heavy (non-hydrogen) atoms. The lowest BCUT2D eigenvalue weighted by atomic mass is 9.92. The number of Topliss-reactive ketones (excluding diaryl/α,β-unsaturated/α-hetero) is 2. The minimum absolute atomic E-state index is 0.124. The van der Waals surface area contributed by atoms with Gasteiger partial charge in [0.15, 0.2) is 0 Å². The highest BCUT2D eigenvalue weighted by Crippen LogP contribution is 2.17. The summed E-state index contributed by atoms with van der Waals surface area (Å²) in [6.07, 6.45) is 11.2. The minimum Gasteiger partial charge on any atom is -0.300 e. The average Bonchev–Trinajstić information content (AvgIpc) is 2.66. The van der Waals surface area contributed by atoms with E-state index < -0.39 is 0 Å². The zero-order valence-electron chi connectivity index (χ0n) is 16.6. The number of nitrogens with two attached hydrogens (primary N) is 1. The van der Waals surface area contributed by atoms with Crippen LogP contribution in [0.3, 0.4) is 0 Å². The smallest absolute Gasteiger partial charge is 0.237 e. The fourth-order valence-corrected chi connectivity index (χ4v) is 3.50. The van der Waals surface area contributed by atoms with Crippen molar-refractivity contribution >= 4 is 42.7 Å². The summed E-state index contributed by atoms with van der Waals surface area (Å²) in [4.78, 5) is 35.8. The first kappa shape index (κ1) is 26.5. The van der Waals surface area contributed by atoms with E-state index in [4.69, 9.17) is 5.84 Å². The molecule has 0 fully saturated rings. The second-order valence-corrected chi connectivity index (χ2v) is 8.05. The maximum atomic E-state index is 12.1. The third-order valence-corrected chi connectivity index (χ3v) is 5.36. The van der Waals surface area contributed by atoms with Gasteiger partial charge < -0.3 is 0 Å². The van der Waals surface area contributed by atoms with Crippen LogP contribution in [0.4, 0.5) is 0 Å². The largest absolute Gasteiger partial charge is 0.300 e. The van der Waals surface area contributed by atoms with E-state index in [2.05, 4.69) is 30.7 Å². The lowest BCUT2D eigenvalue weighted by molar-refractivity contribution is -0.129. The van der Waals surface area contributed by atoms with Crippen LogP contribution in [0.15, 0.2) is 0 Å². The molecular formula is C20H38N2O3S2. The molecule has 5 nitrogen and oxygen atoms in total. The minimum atomic E-state index is -0.357. The zero-order chi connectivity index (χ0) is 20.3. The second-order valence-electron chi connectivity index (χ2n) is 7.15. The van der Waals surface area contributed by atoms with Gasteiger partial charge in [-0.25, -0.2) is 5.84 Å². The van der Waals surface area contributed by atoms with Gasteiger partial charge in [-0.05, 0) is 50.0 Å². The van der Waals surface area contributed by atoms with Crippen molar-refractivity contribution in [2.24, 2.45) is 11.8 Å². The summed E-state index contributed by atoms with van der Waals surface area (Å²) < 4.78 is 0. The van der Waals surface area contributed by atoms with Gasteiger partial charge in [0, 0.05) is 31.6 Å². The Labute approximate surface area is 175 Å². The highest BCUT2D eigenvalue weighted by molar-refractivity contribution is 7.80. The highest BCUT2D eigenvalue weighted by Gasteiger charge is 2.20. The fraction of sp³-hybridized carbons (Fsp3) is 0.850. The third kappa shape index (κ3) is 16.2. The number of thiol groups is 2. The monoisotopic (exact) mass is 418 g/mol. The lowest BCUT2D eigenvalue weighted by Gasteiger charge is -2.14. The number of hydrogen-bond donors (Lipinski definition) is 4. The summed E-state index contributed by atoms with van der Waals surface area (Å²) >= 11 is 8.32. The van der Waals surface area contributed by atoms with E-state index in [-0.39, 0.29) is 24.0 Å². The molecule has 0 aliphatic rings. The van der Waals surface area contributed by atoms with Crippen LogP contribution in [-0.4, -0.2) is 29.0 Å². The zero-order valence-corrected chi connectivity index (χ0v) is 18.4. The van der Waals surface area contributed by atoms with Crippen molar-refractivity contribution in [2.45, 2.75) is 89.9 Å². The first-order valence-corrected chi connectivity index (χ1v) is 11.6. The van der Waals surface area contributed by atoms with Crippen LogP contribution in [0.25, 0.3) is 0 Å². The molecule has 0 spiro atoms. The molecule has 0 aliphatic heterocycles. The van der Waals surface area contributed by atoms with Crippen LogP contribution in [0.1, 0.15) is 89.9 Å². The Morgan fingerprint density at radius 3 is 1.67 bits per heavy atom. The molecule has 0 aromatic heterocycles. The summed E-state index contributed by atoms with van der Waals surface area (Å²) in [7, 11) is 0. The molecule has 1 atom stereocenters. The van der Waals surface area contributed by atoms with Gasteiger partial charge in [-0.1, -0.05) is 25.7 Å². The van der Waals surface area contributed by atoms with E-state index in [1.54, 1.807) is 0 Å². The topological polar surface area (TPSA) is 89.3 Å². The predicted octanol–water partition coefficient (Wildman–Crippen LogP) is 4.05. The maximum absolute atomic E-state index is 12.1. The Balaban J connectivity index is 3.95. The van der Waals surface area contributed by atoms with Crippen LogP contribution in [-0.2, 0) is 14.4 Å². The molecule has 7 heteroatoms. The van der Waals surface area contributed by atoms with E-state index in [0.717, 1.165) is 69.3 Å². The van der Waals surface area contributed by atoms with Crippen molar-refractivity contribution in [2.75, 3.05) is 11.5 Å². The summed E-state index contributed by atoms with van der Waals surface area (Å²) in [5.74, 6) is 6.80. The highest BCUT2D eigenvalue weighted by atomic mass is 32.1. The molecule has 0 aromatic carbocycles. The second kappa shape index (κ2) is 18.8. The number of nitrogens with one attached hydrogen (secondary N) is 1. The number of amides is 1. The van der Waals surface area contributed by atoms with Crippen molar-refractivity contribution < 1.29 is 14.4 Å². The predicted molar refractivity (Wildman–Crippen MR) is 118 cm³/mol. The summed E-state index contributed by atoms with van der Waals surface area (Å²) in [5.41, 5.74) is 2.18. The molecule has 0 bridgehead atoms. The van der Waals surface area contributed by atoms with E-state index in [9.17, 15) is 14.4 Å². The normalized spacial score (nSPS) is 12.0. The number of hydrogen-bond acceptors (Lipinski definition) is 6. The number of carbonyl (C=O) groups is 3. The molecule has 0 heterocycles. The van der Waals surface area contributed by atoms with E-state index in [0.29, 0.717) is 31.5 Å². The average molecular weight is 419 g/mol. The van der Waals surface area contributed by atoms with Gasteiger partial charge in [-0.15, -0.1) is 0 Å². The summed E-state index contributed by atoms with van der Waals surface area (Å²) in [6, 6.07) is 0. The number of unbranched alkanes of at least 4 members (excludes halogenated alkanes) is 6. The van der Waals surface area contributed by atoms with Gasteiger partial charge in [0.05, 0.1) is 0 Å². The SMILES string of the molecule is NNC(=O)C(CCCCCC(=O)CCCCCS)CC(=O)CCCCCS. The summed E-state index contributed by atoms with van der Waals surface area (Å²) in [6.45, 7) is 0. The number of ketones is 2. The molecule has 0 aliphatic carbocycles. The Hall–Kier alpha value is -0.530. The molecule has 1 unspecified atom stereocenters. The Morgan fingerprint density at radius 2 is 1.19 bits per heavy atom. The first-order valence-electron chi connectivity index (χ1n) is 10.3. The molecule has 0 rings (SSSR count). The van der Waals surface area contributed by atoms with E-state index in [1.165, 1.54) is 0 Å². The van der Waals surface area contributed by atoms with Gasteiger partial charge in [0.1, 0.15) is 11.6 Å². The van der Waals surface area contributed by atoms with Gasteiger partial charge in [-0.3, -0.25) is 19.8 Å². The Kier molecular flexibility index (Phi) is 18.4. The quantitative estimate of drug-likeness (QED) is 0.0837. The molecule has 3 N–H and O–H groups in total. The first-order chi connectivity index (χ1) is 13.0. The molecule has 158 valence electrons. The van der Waals surface area contributed by atoms with E-state index >= 15 is 0 Å². The van der Waals surface area contributed by atoms with Crippen LogP contribution in [0.5, 0.6) is 0 Å². The number of carbonyl (C=O) groups excluding carboxylic acids is 3. The summed E-state index contributed by atoms with van der Waals surface area (Å²) in [5, 5.41) is 0. The van der Waals surface area contributed by atoms with Gasteiger partial charge in [-0.2, -0.15) is 25.3 Å². The van der Waals surface area contributed by atoms with Crippen LogP contribution < -0.4 is 11.3 Å². The van der Waals surface area contributed by atoms with Crippen molar-refractivity contribution in [3.05, 3.63) is 0 Å². The van der Waals surface area contributed by atoms with E-state index in [1.807, 2.05) is 0 Å². The molecule has 1 amide bonds. The van der Waals surface area contributed by atoms with Crippen molar-refractivity contribution in [1.29, 1.82) is 0 Å².